The Labute approximate surface area is 193 Å². The average molecular weight is 465 g/mol. The lowest BCUT2D eigenvalue weighted by atomic mass is 10.2. The summed E-state index contributed by atoms with van der Waals surface area (Å²) in [6.45, 7) is 1.98. The topological polar surface area (TPSA) is 111 Å². The molecule has 0 aliphatic heterocycles. The highest BCUT2D eigenvalue weighted by Gasteiger charge is 2.11. The fraction of sp³-hybridized carbons (Fsp3) is 0.0833. The van der Waals surface area contributed by atoms with Gasteiger partial charge in [0.15, 0.2) is 0 Å². The summed E-state index contributed by atoms with van der Waals surface area (Å²) >= 11 is 0. The van der Waals surface area contributed by atoms with Crippen LogP contribution in [0.1, 0.15) is 15.9 Å². The molecule has 0 bridgehead atoms. The van der Waals surface area contributed by atoms with E-state index in [-0.39, 0.29) is 29.5 Å². The highest BCUT2D eigenvalue weighted by molar-refractivity contribution is 5.94. The first-order valence-corrected chi connectivity index (χ1v) is 10.2. The molecule has 4 rings (SSSR count). The number of ether oxygens (including phenoxy) is 1. The molecule has 0 aliphatic rings. The number of benzene rings is 2. The van der Waals surface area contributed by atoms with Gasteiger partial charge in [0.05, 0.1) is 35.0 Å². The maximum absolute atomic E-state index is 14.6. The molecule has 174 valence electrons. The van der Waals surface area contributed by atoms with Crippen LogP contribution in [0.4, 0.5) is 20.2 Å². The molecular formula is C24H21F2N5O3. The number of H-pyrrole nitrogens is 1. The normalized spacial score (nSPS) is 10.6. The number of carbonyl (C=O) groups is 1. The molecule has 8 nitrogen and oxygen atoms in total. The zero-order valence-corrected chi connectivity index (χ0v) is 18.0. The van der Waals surface area contributed by atoms with E-state index in [1.807, 2.05) is 6.92 Å². The monoisotopic (exact) mass is 465 g/mol. The van der Waals surface area contributed by atoms with Crippen molar-refractivity contribution in [1.82, 2.24) is 15.4 Å². The van der Waals surface area contributed by atoms with E-state index in [4.69, 9.17) is 9.94 Å². The first kappa shape index (κ1) is 22.7. The van der Waals surface area contributed by atoms with Gasteiger partial charge in [-0.1, -0.05) is 6.07 Å². The molecule has 0 saturated carbocycles. The molecule has 0 radical (unpaired) electrons. The summed E-state index contributed by atoms with van der Waals surface area (Å²) in [7, 11) is 0. The summed E-state index contributed by atoms with van der Waals surface area (Å²) in [5.41, 5.74) is 4.27. The van der Waals surface area contributed by atoms with Crippen molar-refractivity contribution >= 4 is 17.3 Å². The zero-order chi connectivity index (χ0) is 24.1. The first-order valence-electron chi connectivity index (χ1n) is 10.2. The predicted molar refractivity (Wildman–Crippen MR) is 123 cm³/mol. The van der Waals surface area contributed by atoms with Crippen LogP contribution in [0.15, 0.2) is 67.0 Å². The van der Waals surface area contributed by atoms with Crippen molar-refractivity contribution in [2.24, 2.45) is 0 Å². The Kier molecular flexibility index (Phi) is 6.69. The molecule has 0 spiro atoms. The first-order chi connectivity index (χ1) is 16.4. The second kappa shape index (κ2) is 10.0. The van der Waals surface area contributed by atoms with Gasteiger partial charge >= 0.3 is 0 Å². The minimum atomic E-state index is -0.654. The molecule has 4 aromatic rings. The van der Waals surface area contributed by atoms with Crippen molar-refractivity contribution in [3.05, 3.63) is 89.8 Å². The third-order valence-electron chi connectivity index (χ3n) is 4.91. The fourth-order valence-electron chi connectivity index (χ4n) is 3.21. The molecule has 0 unspecified atom stereocenters. The lowest BCUT2D eigenvalue weighted by Crippen LogP contribution is -2.17. The number of aryl methyl sites for hydroxylation is 1. The number of hydrogen-bond acceptors (Lipinski definition) is 6. The van der Waals surface area contributed by atoms with Crippen LogP contribution in [0.2, 0.25) is 0 Å². The van der Waals surface area contributed by atoms with Crippen LogP contribution in [-0.4, -0.2) is 27.8 Å². The molecule has 2 aromatic carbocycles. The van der Waals surface area contributed by atoms with Crippen molar-refractivity contribution in [3.63, 3.8) is 0 Å². The molecule has 5 N–H and O–H groups in total. The van der Waals surface area contributed by atoms with E-state index in [1.54, 1.807) is 35.8 Å². The summed E-state index contributed by atoms with van der Waals surface area (Å²) in [5, 5.41) is 14.5. The van der Waals surface area contributed by atoms with Crippen LogP contribution in [0.25, 0.3) is 11.4 Å². The van der Waals surface area contributed by atoms with Crippen LogP contribution in [-0.2, 0) is 0 Å². The van der Waals surface area contributed by atoms with Gasteiger partial charge in [0.1, 0.15) is 23.1 Å². The standard InChI is InChI=1S/C24H21F2N5O3/c1-14-2-4-18(25)21(8-14)30-13-29-20-5-3-16(10-19(20)26)34-17-6-7-27-23(11-17)22-9-15(12-28-22)24(32)31-33/h2-12,28-30,33H,13H2,1H3,(H,31,32). The number of halogens is 2. The van der Waals surface area contributed by atoms with Crippen LogP contribution in [0, 0.1) is 18.6 Å². The highest BCUT2D eigenvalue weighted by Crippen LogP contribution is 2.28. The Balaban J connectivity index is 1.40. The minimum Gasteiger partial charge on any atom is -0.457 e. The molecule has 0 saturated heterocycles. The van der Waals surface area contributed by atoms with Gasteiger partial charge in [-0.25, -0.2) is 14.3 Å². The average Bonchev–Trinajstić information content (AvgIpc) is 3.33. The number of amides is 1. The van der Waals surface area contributed by atoms with Gasteiger partial charge in [0, 0.05) is 24.5 Å². The second-order valence-electron chi connectivity index (χ2n) is 7.38. The van der Waals surface area contributed by atoms with E-state index in [2.05, 4.69) is 20.6 Å². The Morgan fingerprint density at radius 1 is 1.00 bits per heavy atom. The number of hydrogen-bond donors (Lipinski definition) is 5. The summed E-state index contributed by atoms with van der Waals surface area (Å²) in [6.07, 6.45) is 2.94. The van der Waals surface area contributed by atoms with Crippen molar-refractivity contribution in [3.8, 4) is 22.9 Å². The van der Waals surface area contributed by atoms with Crippen LogP contribution >= 0.6 is 0 Å². The molecular weight excluding hydrogens is 444 g/mol. The molecule has 2 heterocycles. The Morgan fingerprint density at radius 2 is 1.79 bits per heavy atom. The van der Waals surface area contributed by atoms with Crippen LogP contribution < -0.4 is 20.9 Å². The lowest BCUT2D eigenvalue weighted by molar-refractivity contribution is 0.0706. The highest BCUT2D eigenvalue weighted by atomic mass is 19.1. The number of pyridine rings is 1. The van der Waals surface area contributed by atoms with Gasteiger partial charge < -0.3 is 20.4 Å². The van der Waals surface area contributed by atoms with Gasteiger partial charge in [-0.15, -0.1) is 0 Å². The third-order valence-corrected chi connectivity index (χ3v) is 4.91. The molecule has 0 aliphatic carbocycles. The van der Waals surface area contributed by atoms with E-state index in [9.17, 15) is 13.6 Å². The Morgan fingerprint density at radius 3 is 2.59 bits per heavy atom. The van der Waals surface area contributed by atoms with E-state index < -0.39 is 11.7 Å². The molecule has 10 heteroatoms. The van der Waals surface area contributed by atoms with Crippen molar-refractivity contribution in [2.45, 2.75) is 6.92 Å². The number of nitrogens with one attached hydrogen (secondary N) is 4. The van der Waals surface area contributed by atoms with Crippen LogP contribution in [0.5, 0.6) is 11.5 Å². The van der Waals surface area contributed by atoms with E-state index >= 15 is 0 Å². The van der Waals surface area contributed by atoms with Crippen LogP contribution in [0.3, 0.4) is 0 Å². The summed E-state index contributed by atoms with van der Waals surface area (Å²) in [6, 6.07) is 13.8. The SMILES string of the molecule is Cc1ccc(F)c(NCNc2ccc(Oc3ccnc(-c4cc(C(=O)NO)c[nH]4)c3)cc2F)c1. The quantitative estimate of drug-likeness (QED) is 0.141. The minimum absolute atomic E-state index is 0.123. The van der Waals surface area contributed by atoms with E-state index in [0.717, 1.165) is 5.56 Å². The number of anilines is 2. The zero-order valence-electron chi connectivity index (χ0n) is 18.0. The van der Waals surface area contributed by atoms with Gasteiger partial charge in [-0.3, -0.25) is 15.0 Å². The maximum Gasteiger partial charge on any atom is 0.276 e. The molecule has 0 atom stereocenters. The van der Waals surface area contributed by atoms with E-state index in [0.29, 0.717) is 22.8 Å². The molecule has 0 fully saturated rings. The smallest absolute Gasteiger partial charge is 0.276 e. The lowest BCUT2D eigenvalue weighted by Gasteiger charge is -2.13. The van der Waals surface area contributed by atoms with Crippen molar-refractivity contribution < 1.29 is 23.5 Å². The Bertz CT molecular complexity index is 1330. The third kappa shape index (κ3) is 5.30. The number of nitrogens with zero attached hydrogens (tertiary/aromatic N) is 1. The van der Waals surface area contributed by atoms with Gasteiger partial charge in [-0.2, -0.15) is 0 Å². The number of hydroxylamine groups is 1. The number of carbonyl (C=O) groups excluding carboxylic acids is 1. The summed E-state index contributed by atoms with van der Waals surface area (Å²) in [5.74, 6) is -0.907. The molecule has 1 amide bonds. The maximum atomic E-state index is 14.6. The van der Waals surface area contributed by atoms with Gasteiger partial charge in [0.2, 0.25) is 0 Å². The summed E-state index contributed by atoms with van der Waals surface area (Å²) < 4.78 is 34.1. The van der Waals surface area contributed by atoms with Gasteiger partial charge in [-0.05, 0) is 48.9 Å². The largest absolute Gasteiger partial charge is 0.457 e. The number of aromatic amines is 1. The number of rotatable bonds is 8. The van der Waals surface area contributed by atoms with Gasteiger partial charge in [0.25, 0.3) is 5.91 Å². The van der Waals surface area contributed by atoms with Crippen molar-refractivity contribution in [2.75, 3.05) is 17.3 Å². The second-order valence-corrected chi connectivity index (χ2v) is 7.38. The summed E-state index contributed by atoms with van der Waals surface area (Å²) in [4.78, 5) is 18.6. The molecule has 2 aromatic heterocycles. The van der Waals surface area contributed by atoms with E-state index in [1.165, 1.54) is 36.7 Å². The Hall–Kier alpha value is -4.44. The number of aromatic nitrogens is 2. The van der Waals surface area contributed by atoms with Crippen molar-refractivity contribution in [1.29, 1.82) is 0 Å². The fourth-order valence-corrected chi connectivity index (χ4v) is 3.21. The molecule has 34 heavy (non-hydrogen) atoms. The predicted octanol–water partition coefficient (Wildman–Crippen LogP) is 5.06.